The van der Waals surface area contributed by atoms with Crippen LogP contribution in [0.2, 0.25) is 0 Å². The van der Waals surface area contributed by atoms with E-state index in [9.17, 15) is 5.26 Å². The number of pyridine rings is 2. The van der Waals surface area contributed by atoms with E-state index in [2.05, 4.69) is 41.3 Å². The molecular weight excluding hydrogens is 298 g/mol. The number of imidazole rings is 1. The predicted octanol–water partition coefficient (Wildman–Crippen LogP) is 3.98. The number of aromatic nitrogens is 3. The van der Waals surface area contributed by atoms with Gasteiger partial charge in [0, 0.05) is 18.1 Å². The Morgan fingerprint density at radius 2 is 1.96 bits per heavy atom. The first-order valence-corrected chi connectivity index (χ1v) is 8.02. The molecule has 0 aliphatic rings. The van der Waals surface area contributed by atoms with Crippen LogP contribution in [0.3, 0.4) is 0 Å². The molecule has 0 saturated carbocycles. The lowest BCUT2D eigenvalue weighted by molar-refractivity contribution is 0.689. The summed E-state index contributed by atoms with van der Waals surface area (Å²) >= 11 is 0. The number of nitriles is 1. The summed E-state index contributed by atoms with van der Waals surface area (Å²) in [7, 11) is 0. The van der Waals surface area contributed by atoms with Crippen molar-refractivity contribution in [1.29, 1.82) is 5.26 Å². The van der Waals surface area contributed by atoms with Crippen molar-refractivity contribution in [3.8, 4) is 6.07 Å². The first kappa shape index (κ1) is 14.5. The van der Waals surface area contributed by atoms with Gasteiger partial charge in [-0.1, -0.05) is 32.0 Å². The summed E-state index contributed by atoms with van der Waals surface area (Å²) in [5.74, 6) is 0.479. The first-order valence-electron chi connectivity index (χ1n) is 8.02. The molecular formula is C19H17N5. The van der Waals surface area contributed by atoms with Gasteiger partial charge in [-0.3, -0.25) is 4.40 Å². The van der Waals surface area contributed by atoms with Gasteiger partial charge >= 0.3 is 0 Å². The number of para-hydroxylation sites is 1. The largest absolute Gasteiger partial charge is 0.383 e. The highest BCUT2D eigenvalue weighted by atomic mass is 15.1. The number of hydrogen-bond acceptors (Lipinski definition) is 4. The van der Waals surface area contributed by atoms with Crippen molar-refractivity contribution in [2.45, 2.75) is 13.8 Å². The highest BCUT2D eigenvalue weighted by molar-refractivity contribution is 6.01. The molecule has 118 valence electrons. The number of rotatable bonds is 3. The molecule has 4 aromatic rings. The molecule has 3 aromatic heterocycles. The fourth-order valence-corrected chi connectivity index (χ4v) is 3.05. The maximum Gasteiger partial charge on any atom is 0.178 e. The van der Waals surface area contributed by atoms with Crippen molar-refractivity contribution in [2.24, 2.45) is 5.92 Å². The van der Waals surface area contributed by atoms with Crippen LogP contribution in [-0.2, 0) is 0 Å². The summed E-state index contributed by atoms with van der Waals surface area (Å²) in [6.07, 6.45) is 1.72. The molecule has 5 nitrogen and oxygen atoms in total. The minimum Gasteiger partial charge on any atom is -0.383 e. The average molecular weight is 315 g/mol. The molecule has 0 aliphatic heterocycles. The molecule has 0 atom stereocenters. The molecule has 1 N–H and O–H groups in total. The number of hydrogen-bond donors (Lipinski definition) is 1. The molecule has 24 heavy (non-hydrogen) atoms. The zero-order valence-electron chi connectivity index (χ0n) is 13.6. The Kier molecular flexibility index (Phi) is 3.31. The molecule has 1 aromatic carbocycles. The summed E-state index contributed by atoms with van der Waals surface area (Å²) < 4.78 is 2.02. The van der Waals surface area contributed by atoms with E-state index < -0.39 is 0 Å². The molecule has 5 heteroatoms. The smallest absolute Gasteiger partial charge is 0.178 e. The lowest BCUT2D eigenvalue weighted by Crippen LogP contribution is -2.10. The van der Waals surface area contributed by atoms with E-state index in [-0.39, 0.29) is 0 Å². The molecule has 0 saturated heterocycles. The molecule has 4 rings (SSSR count). The monoisotopic (exact) mass is 315 g/mol. The lowest BCUT2D eigenvalue weighted by Gasteiger charge is -2.15. The Balaban J connectivity index is 2.18. The molecule has 0 amide bonds. The van der Waals surface area contributed by atoms with E-state index in [1.165, 1.54) is 0 Å². The summed E-state index contributed by atoms with van der Waals surface area (Å²) in [6, 6.07) is 14.3. The van der Waals surface area contributed by atoms with E-state index in [1.807, 2.05) is 34.7 Å². The van der Waals surface area contributed by atoms with Crippen LogP contribution < -0.4 is 5.32 Å². The average Bonchev–Trinajstić information content (AvgIpc) is 2.98. The van der Waals surface area contributed by atoms with Crippen molar-refractivity contribution in [1.82, 2.24) is 14.4 Å². The second kappa shape index (κ2) is 5.50. The predicted molar refractivity (Wildman–Crippen MR) is 96.0 cm³/mol. The van der Waals surface area contributed by atoms with Crippen LogP contribution in [0.5, 0.6) is 0 Å². The van der Waals surface area contributed by atoms with E-state index in [1.54, 1.807) is 6.20 Å². The van der Waals surface area contributed by atoms with Gasteiger partial charge in [0.05, 0.1) is 16.7 Å². The maximum atomic E-state index is 9.80. The van der Waals surface area contributed by atoms with Crippen molar-refractivity contribution in [3.63, 3.8) is 0 Å². The zero-order valence-corrected chi connectivity index (χ0v) is 13.6. The number of benzene rings is 1. The number of fused-ring (bicyclic) bond motifs is 5. The third-order valence-corrected chi connectivity index (χ3v) is 4.12. The highest BCUT2D eigenvalue weighted by Gasteiger charge is 2.18. The minimum absolute atomic E-state index is 0.479. The normalized spacial score (nSPS) is 11.4. The van der Waals surface area contributed by atoms with E-state index in [0.29, 0.717) is 22.8 Å². The van der Waals surface area contributed by atoms with Crippen molar-refractivity contribution in [3.05, 3.63) is 48.2 Å². The van der Waals surface area contributed by atoms with E-state index in [0.717, 1.165) is 28.7 Å². The standard InChI is InChI=1S/C19H17N5/c1-12(2)11-22-17-13-6-3-4-7-15(13)24-16-8-5-9-21-18(16)23-19(24)14(17)10-20/h3-9,12,22H,11H2,1-2H3. The molecule has 3 heterocycles. The number of anilines is 1. The Labute approximate surface area is 139 Å². The van der Waals surface area contributed by atoms with Crippen LogP contribution in [-0.4, -0.2) is 20.9 Å². The van der Waals surface area contributed by atoms with Crippen LogP contribution in [0.4, 0.5) is 5.69 Å². The van der Waals surface area contributed by atoms with Crippen LogP contribution >= 0.6 is 0 Å². The second-order valence-electron chi connectivity index (χ2n) is 6.27. The van der Waals surface area contributed by atoms with Gasteiger partial charge in [0.15, 0.2) is 11.3 Å². The third kappa shape index (κ3) is 2.08. The Hall–Kier alpha value is -3.13. The molecule has 0 bridgehead atoms. The van der Waals surface area contributed by atoms with Gasteiger partial charge in [0.25, 0.3) is 0 Å². The van der Waals surface area contributed by atoms with Gasteiger partial charge in [-0.25, -0.2) is 9.97 Å². The molecule has 0 fully saturated rings. The van der Waals surface area contributed by atoms with Gasteiger partial charge in [0.1, 0.15) is 11.6 Å². The van der Waals surface area contributed by atoms with Crippen molar-refractivity contribution >= 4 is 33.4 Å². The fourth-order valence-electron chi connectivity index (χ4n) is 3.05. The van der Waals surface area contributed by atoms with Crippen LogP contribution in [0, 0.1) is 17.2 Å². The lowest BCUT2D eigenvalue weighted by atomic mass is 10.1. The highest BCUT2D eigenvalue weighted by Crippen LogP contribution is 2.33. The Bertz CT molecular complexity index is 1100. The van der Waals surface area contributed by atoms with Gasteiger partial charge in [-0.05, 0) is 24.1 Å². The summed E-state index contributed by atoms with van der Waals surface area (Å²) in [5, 5.41) is 14.3. The molecule has 0 spiro atoms. The topological polar surface area (TPSA) is 66.0 Å². The second-order valence-corrected chi connectivity index (χ2v) is 6.27. The summed E-state index contributed by atoms with van der Waals surface area (Å²) in [4.78, 5) is 8.96. The van der Waals surface area contributed by atoms with Gasteiger partial charge < -0.3 is 5.32 Å². The SMILES string of the molecule is CC(C)CNc1c(C#N)c2nc3ncccc3n2c2ccccc12. The maximum absolute atomic E-state index is 9.80. The third-order valence-electron chi connectivity index (χ3n) is 4.12. The quantitative estimate of drug-likeness (QED) is 0.621. The minimum atomic E-state index is 0.479. The summed E-state index contributed by atoms with van der Waals surface area (Å²) in [5.41, 5.74) is 4.65. The first-order chi connectivity index (χ1) is 11.7. The Morgan fingerprint density at radius 3 is 2.75 bits per heavy atom. The summed E-state index contributed by atoms with van der Waals surface area (Å²) in [6.45, 7) is 5.09. The van der Waals surface area contributed by atoms with Crippen molar-refractivity contribution in [2.75, 3.05) is 11.9 Å². The Morgan fingerprint density at radius 1 is 1.17 bits per heavy atom. The number of nitrogens with zero attached hydrogens (tertiary/aromatic N) is 4. The van der Waals surface area contributed by atoms with Gasteiger partial charge in [-0.15, -0.1) is 0 Å². The molecule has 0 aliphatic carbocycles. The molecule has 0 radical (unpaired) electrons. The van der Waals surface area contributed by atoms with Crippen LogP contribution in [0.25, 0.3) is 27.7 Å². The van der Waals surface area contributed by atoms with Crippen LogP contribution in [0.1, 0.15) is 19.4 Å². The van der Waals surface area contributed by atoms with E-state index >= 15 is 0 Å². The van der Waals surface area contributed by atoms with E-state index in [4.69, 9.17) is 0 Å². The zero-order chi connectivity index (χ0) is 16.7. The van der Waals surface area contributed by atoms with Crippen LogP contribution in [0.15, 0.2) is 42.6 Å². The number of nitrogens with one attached hydrogen (secondary N) is 1. The van der Waals surface area contributed by atoms with Gasteiger partial charge in [0.2, 0.25) is 0 Å². The fraction of sp³-hybridized carbons (Fsp3) is 0.211. The van der Waals surface area contributed by atoms with Crippen molar-refractivity contribution < 1.29 is 0 Å². The van der Waals surface area contributed by atoms with Gasteiger partial charge in [-0.2, -0.15) is 5.26 Å². The molecule has 0 unspecified atom stereocenters.